The summed E-state index contributed by atoms with van der Waals surface area (Å²) in [6, 6.07) is 14.7. The summed E-state index contributed by atoms with van der Waals surface area (Å²) in [4.78, 5) is 17.2. The molecule has 0 aliphatic heterocycles. The van der Waals surface area contributed by atoms with Crippen molar-refractivity contribution in [1.82, 2.24) is 9.97 Å². The molecule has 0 atom stereocenters. The van der Waals surface area contributed by atoms with Gasteiger partial charge in [0.05, 0.1) is 11.4 Å². The molecule has 3 nitrogen and oxygen atoms in total. The maximum atomic E-state index is 11.7. The number of halogens is 2. The van der Waals surface area contributed by atoms with Crippen LogP contribution in [0.4, 0.5) is 0 Å². The normalized spacial score (nSPS) is 10.7. The van der Waals surface area contributed by atoms with Crippen molar-refractivity contribution < 1.29 is 0 Å². The molecular weight excluding hydrogens is 295 g/mol. The first-order valence-corrected chi connectivity index (χ1v) is 6.74. The summed E-state index contributed by atoms with van der Waals surface area (Å²) in [6.45, 7) is 0. The Bertz CT molecular complexity index is 754. The van der Waals surface area contributed by atoms with Crippen LogP contribution < -0.4 is 5.69 Å². The van der Waals surface area contributed by atoms with E-state index in [9.17, 15) is 4.79 Å². The fourth-order valence-electron chi connectivity index (χ4n) is 2.12. The molecule has 3 rings (SSSR count). The minimum atomic E-state index is -0.296. The maximum Gasteiger partial charge on any atom is 0.323 e. The zero-order chi connectivity index (χ0) is 14.1. The molecule has 5 heteroatoms. The Hall–Kier alpha value is -1.97. The lowest BCUT2D eigenvalue weighted by molar-refractivity contribution is 1.19. The molecule has 0 amide bonds. The molecule has 100 valence electrons. The molecule has 0 saturated carbocycles. The van der Waals surface area contributed by atoms with Gasteiger partial charge in [-0.1, -0.05) is 59.6 Å². The monoisotopic (exact) mass is 304 g/mol. The predicted octanol–water partition coefficient (Wildman–Crippen LogP) is 4.34. The van der Waals surface area contributed by atoms with Crippen molar-refractivity contribution in [2.45, 2.75) is 0 Å². The second-order valence-electron chi connectivity index (χ2n) is 4.29. The highest BCUT2D eigenvalue weighted by Crippen LogP contribution is 2.35. The first-order valence-electron chi connectivity index (χ1n) is 5.99. The van der Waals surface area contributed by atoms with Gasteiger partial charge < -0.3 is 9.97 Å². The van der Waals surface area contributed by atoms with Gasteiger partial charge in [-0.2, -0.15) is 0 Å². The van der Waals surface area contributed by atoms with Crippen LogP contribution in [0.25, 0.3) is 22.5 Å². The number of imidazole rings is 1. The number of aromatic nitrogens is 2. The van der Waals surface area contributed by atoms with E-state index in [4.69, 9.17) is 23.2 Å². The number of hydrogen-bond donors (Lipinski definition) is 2. The summed E-state index contributed by atoms with van der Waals surface area (Å²) >= 11 is 12.4. The summed E-state index contributed by atoms with van der Waals surface area (Å²) < 4.78 is 0. The molecule has 0 saturated heterocycles. The van der Waals surface area contributed by atoms with Crippen molar-refractivity contribution >= 4 is 23.2 Å². The van der Waals surface area contributed by atoms with Gasteiger partial charge in [0, 0.05) is 21.2 Å². The van der Waals surface area contributed by atoms with Gasteiger partial charge in [-0.05, 0) is 12.1 Å². The van der Waals surface area contributed by atoms with Crippen LogP contribution in [0.3, 0.4) is 0 Å². The zero-order valence-electron chi connectivity index (χ0n) is 10.3. The second-order valence-corrected chi connectivity index (χ2v) is 5.10. The number of hydrogen-bond acceptors (Lipinski definition) is 1. The fraction of sp³-hybridized carbons (Fsp3) is 0. The van der Waals surface area contributed by atoms with Crippen molar-refractivity contribution in [3.63, 3.8) is 0 Å². The van der Waals surface area contributed by atoms with Crippen LogP contribution in [0.15, 0.2) is 53.3 Å². The lowest BCUT2D eigenvalue weighted by atomic mass is 10.1. The van der Waals surface area contributed by atoms with E-state index in [1.807, 2.05) is 36.4 Å². The van der Waals surface area contributed by atoms with Crippen molar-refractivity contribution in [3.8, 4) is 22.5 Å². The molecule has 2 aromatic carbocycles. The van der Waals surface area contributed by atoms with Crippen LogP contribution in [-0.2, 0) is 0 Å². The summed E-state index contributed by atoms with van der Waals surface area (Å²) in [5.74, 6) is 0. The highest BCUT2D eigenvalue weighted by Gasteiger charge is 2.15. The predicted molar refractivity (Wildman–Crippen MR) is 82.3 cm³/mol. The van der Waals surface area contributed by atoms with Crippen molar-refractivity contribution in [3.05, 3.63) is 69.1 Å². The van der Waals surface area contributed by atoms with E-state index in [2.05, 4.69) is 9.97 Å². The molecule has 2 N–H and O–H groups in total. The Balaban J connectivity index is 2.27. The molecule has 20 heavy (non-hydrogen) atoms. The lowest BCUT2D eigenvalue weighted by Crippen LogP contribution is -2.00. The van der Waals surface area contributed by atoms with Crippen LogP contribution in [-0.4, -0.2) is 9.97 Å². The average molecular weight is 305 g/mol. The molecule has 3 aromatic rings. The highest BCUT2D eigenvalue weighted by molar-refractivity contribution is 6.34. The number of nitrogens with one attached hydrogen (secondary N) is 2. The average Bonchev–Trinajstić information content (AvgIpc) is 2.81. The summed E-state index contributed by atoms with van der Waals surface area (Å²) in [5, 5.41) is 1.13. The minimum Gasteiger partial charge on any atom is -0.305 e. The first kappa shape index (κ1) is 13.0. The Morgan fingerprint density at radius 3 is 1.50 bits per heavy atom. The second kappa shape index (κ2) is 5.19. The van der Waals surface area contributed by atoms with Crippen LogP contribution in [0, 0.1) is 0 Å². The van der Waals surface area contributed by atoms with Crippen LogP contribution in [0.5, 0.6) is 0 Å². The molecule has 0 aliphatic carbocycles. The first-order chi connectivity index (χ1) is 9.66. The van der Waals surface area contributed by atoms with E-state index in [1.165, 1.54) is 0 Å². The topological polar surface area (TPSA) is 48.6 Å². The van der Waals surface area contributed by atoms with Crippen LogP contribution in [0.2, 0.25) is 10.0 Å². The van der Waals surface area contributed by atoms with Gasteiger partial charge in [-0.25, -0.2) is 4.79 Å². The SMILES string of the molecule is O=c1[nH]c(-c2ccccc2Cl)c(-c2ccccc2Cl)[nH]1. The molecule has 0 fully saturated rings. The fourth-order valence-corrected chi connectivity index (χ4v) is 2.58. The van der Waals surface area contributed by atoms with Gasteiger partial charge in [0.25, 0.3) is 0 Å². The van der Waals surface area contributed by atoms with Gasteiger partial charge in [0.2, 0.25) is 0 Å². The molecule has 0 aliphatic rings. The molecule has 0 radical (unpaired) electrons. The molecule has 1 aromatic heterocycles. The van der Waals surface area contributed by atoms with Gasteiger partial charge in [-0.15, -0.1) is 0 Å². The number of H-pyrrole nitrogens is 2. The number of rotatable bonds is 2. The Kier molecular flexibility index (Phi) is 3.38. The zero-order valence-corrected chi connectivity index (χ0v) is 11.8. The van der Waals surface area contributed by atoms with E-state index in [1.54, 1.807) is 12.1 Å². The number of benzene rings is 2. The number of aromatic amines is 2. The molecule has 1 heterocycles. The molecule has 0 unspecified atom stereocenters. The Morgan fingerprint density at radius 2 is 1.10 bits per heavy atom. The van der Waals surface area contributed by atoms with E-state index in [0.717, 1.165) is 11.1 Å². The van der Waals surface area contributed by atoms with E-state index < -0.39 is 0 Å². The largest absolute Gasteiger partial charge is 0.323 e. The van der Waals surface area contributed by atoms with Gasteiger partial charge in [-0.3, -0.25) is 0 Å². The third-order valence-corrected chi connectivity index (χ3v) is 3.67. The third-order valence-electron chi connectivity index (χ3n) is 3.01. The van der Waals surface area contributed by atoms with Crippen molar-refractivity contribution in [1.29, 1.82) is 0 Å². The third kappa shape index (κ3) is 2.26. The van der Waals surface area contributed by atoms with Gasteiger partial charge >= 0.3 is 5.69 Å². The Morgan fingerprint density at radius 1 is 0.700 bits per heavy atom. The van der Waals surface area contributed by atoms with E-state index in [0.29, 0.717) is 21.4 Å². The van der Waals surface area contributed by atoms with E-state index >= 15 is 0 Å². The summed E-state index contributed by atoms with van der Waals surface area (Å²) in [5.41, 5.74) is 2.47. The standard InChI is InChI=1S/C15H10Cl2N2O/c16-11-7-3-1-5-9(11)13-14(19-15(20)18-13)10-6-2-4-8-12(10)17/h1-8H,(H2,18,19,20). The highest BCUT2D eigenvalue weighted by atomic mass is 35.5. The molecular formula is C15H10Cl2N2O. The molecule has 0 spiro atoms. The van der Waals surface area contributed by atoms with Gasteiger partial charge in [0.15, 0.2) is 0 Å². The van der Waals surface area contributed by atoms with Crippen molar-refractivity contribution in [2.75, 3.05) is 0 Å². The quantitative estimate of drug-likeness (QED) is 0.727. The molecule has 0 bridgehead atoms. The van der Waals surface area contributed by atoms with Crippen molar-refractivity contribution in [2.24, 2.45) is 0 Å². The smallest absolute Gasteiger partial charge is 0.305 e. The lowest BCUT2D eigenvalue weighted by Gasteiger charge is -2.07. The van der Waals surface area contributed by atoms with Gasteiger partial charge in [0.1, 0.15) is 0 Å². The Labute approximate surface area is 125 Å². The summed E-state index contributed by atoms with van der Waals surface area (Å²) in [7, 11) is 0. The van der Waals surface area contributed by atoms with Crippen LogP contribution in [0.1, 0.15) is 0 Å². The summed E-state index contributed by atoms with van der Waals surface area (Å²) in [6.07, 6.45) is 0. The van der Waals surface area contributed by atoms with E-state index in [-0.39, 0.29) is 5.69 Å². The van der Waals surface area contributed by atoms with Crippen LogP contribution >= 0.6 is 23.2 Å². The maximum absolute atomic E-state index is 11.7. The minimum absolute atomic E-state index is 0.296.